The lowest BCUT2D eigenvalue weighted by Crippen LogP contribution is -2.47. The molecule has 1 saturated heterocycles. The highest BCUT2D eigenvalue weighted by atomic mass is 16.1. The number of benzene rings is 3. The number of carbonyl (C=O) groups excluding carboxylic acids is 1. The third kappa shape index (κ3) is 4.74. The highest BCUT2D eigenvalue weighted by Crippen LogP contribution is 2.36. The Labute approximate surface area is 203 Å². The largest absolute Gasteiger partial charge is 0.369 e. The lowest BCUT2D eigenvalue weighted by molar-refractivity contribution is 0.0952. The topological polar surface area (TPSA) is 35.6 Å². The van der Waals surface area contributed by atoms with Crippen molar-refractivity contribution in [1.82, 2.24) is 10.2 Å². The van der Waals surface area contributed by atoms with Gasteiger partial charge in [0.2, 0.25) is 0 Å². The van der Waals surface area contributed by atoms with E-state index in [-0.39, 0.29) is 5.91 Å². The molecular formula is C30H35N3O. The minimum Gasteiger partial charge on any atom is -0.369 e. The van der Waals surface area contributed by atoms with Gasteiger partial charge in [-0.2, -0.15) is 0 Å². The molecule has 0 aromatic heterocycles. The van der Waals surface area contributed by atoms with E-state index in [1.54, 1.807) is 0 Å². The van der Waals surface area contributed by atoms with Crippen molar-refractivity contribution in [2.75, 3.05) is 44.2 Å². The first-order valence-corrected chi connectivity index (χ1v) is 12.6. The van der Waals surface area contributed by atoms with Crippen molar-refractivity contribution in [1.29, 1.82) is 0 Å². The zero-order chi connectivity index (χ0) is 23.5. The number of carbonyl (C=O) groups is 1. The third-order valence-corrected chi connectivity index (χ3v) is 7.37. The molecule has 1 N–H and O–H groups in total. The van der Waals surface area contributed by atoms with Crippen molar-refractivity contribution in [3.05, 3.63) is 88.5 Å². The van der Waals surface area contributed by atoms with Gasteiger partial charge < -0.3 is 10.2 Å². The number of rotatable bonds is 7. The van der Waals surface area contributed by atoms with Gasteiger partial charge in [-0.15, -0.1) is 0 Å². The van der Waals surface area contributed by atoms with Crippen LogP contribution in [-0.2, 0) is 6.42 Å². The summed E-state index contributed by atoms with van der Waals surface area (Å²) in [7, 11) is 0. The Hall–Kier alpha value is -3.11. The van der Waals surface area contributed by atoms with E-state index in [1.807, 2.05) is 6.07 Å². The Morgan fingerprint density at radius 1 is 0.824 bits per heavy atom. The second kappa shape index (κ2) is 10.0. The molecule has 2 aliphatic rings. The molecule has 5 rings (SSSR count). The molecule has 0 radical (unpaired) electrons. The first kappa shape index (κ1) is 22.7. The summed E-state index contributed by atoms with van der Waals surface area (Å²) in [6.45, 7) is 10.7. The fraction of sp³-hybridized carbons (Fsp3) is 0.367. The number of hydrogen-bond donors (Lipinski definition) is 1. The van der Waals surface area contributed by atoms with Crippen LogP contribution in [-0.4, -0.2) is 50.1 Å². The number of unbranched alkanes of at least 4 members (excludes halogenated alkanes) is 1. The molecule has 1 heterocycles. The fourth-order valence-corrected chi connectivity index (χ4v) is 5.55. The lowest BCUT2D eigenvalue weighted by atomic mass is 10.0. The van der Waals surface area contributed by atoms with Gasteiger partial charge in [-0.05, 0) is 85.2 Å². The van der Waals surface area contributed by atoms with Gasteiger partial charge in [0.05, 0.1) is 0 Å². The zero-order valence-electron chi connectivity index (χ0n) is 20.4. The minimum absolute atomic E-state index is 0.0426. The van der Waals surface area contributed by atoms with Gasteiger partial charge >= 0.3 is 0 Å². The van der Waals surface area contributed by atoms with Crippen molar-refractivity contribution in [2.24, 2.45) is 0 Å². The van der Waals surface area contributed by atoms with E-state index >= 15 is 0 Å². The number of nitrogens with zero attached hydrogens (tertiary/aromatic N) is 2. The van der Waals surface area contributed by atoms with Crippen LogP contribution in [0.25, 0.3) is 11.1 Å². The van der Waals surface area contributed by atoms with Crippen LogP contribution in [0.3, 0.4) is 0 Å². The van der Waals surface area contributed by atoms with Crippen LogP contribution in [0.5, 0.6) is 0 Å². The van der Waals surface area contributed by atoms with Gasteiger partial charge in [-0.1, -0.05) is 48.5 Å². The number of anilines is 1. The summed E-state index contributed by atoms with van der Waals surface area (Å²) >= 11 is 0. The standard InChI is InChI=1S/C30H35N3O/c1-22-8-7-9-23(2)29(22)33-18-16-32(17-19-33)15-6-5-14-31-30(34)25-12-13-28-26(21-25)20-24-10-3-4-11-27(24)28/h3-4,7-13,21H,5-6,14-20H2,1-2H3,(H,31,34). The average molecular weight is 454 g/mol. The molecule has 0 bridgehead atoms. The van der Waals surface area contributed by atoms with E-state index in [1.165, 1.54) is 39.1 Å². The summed E-state index contributed by atoms with van der Waals surface area (Å²) in [5, 5.41) is 3.12. The molecular weight excluding hydrogens is 418 g/mol. The smallest absolute Gasteiger partial charge is 0.251 e. The Balaban J connectivity index is 1.03. The molecule has 0 saturated carbocycles. The van der Waals surface area contributed by atoms with E-state index in [0.717, 1.165) is 64.1 Å². The molecule has 1 aliphatic carbocycles. The molecule has 176 valence electrons. The monoisotopic (exact) mass is 453 g/mol. The zero-order valence-corrected chi connectivity index (χ0v) is 20.4. The Kier molecular flexibility index (Phi) is 6.68. The number of para-hydroxylation sites is 1. The van der Waals surface area contributed by atoms with E-state index in [9.17, 15) is 4.79 Å². The molecule has 4 heteroatoms. The summed E-state index contributed by atoms with van der Waals surface area (Å²) < 4.78 is 0. The number of aryl methyl sites for hydroxylation is 2. The molecule has 0 atom stereocenters. The maximum absolute atomic E-state index is 12.7. The van der Waals surface area contributed by atoms with E-state index in [4.69, 9.17) is 0 Å². The minimum atomic E-state index is 0.0426. The van der Waals surface area contributed by atoms with Crippen LogP contribution in [0.1, 0.15) is 45.5 Å². The molecule has 3 aromatic rings. The van der Waals surface area contributed by atoms with E-state index < -0.39 is 0 Å². The highest BCUT2D eigenvalue weighted by molar-refractivity contribution is 5.95. The summed E-state index contributed by atoms with van der Waals surface area (Å²) in [5.41, 5.74) is 10.1. The van der Waals surface area contributed by atoms with Crippen molar-refractivity contribution in [3.63, 3.8) is 0 Å². The summed E-state index contributed by atoms with van der Waals surface area (Å²) in [4.78, 5) is 17.8. The number of amides is 1. The van der Waals surface area contributed by atoms with E-state index in [0.29, 0.717) is 0 Å². The summed E-state index contributed by atoms with van der Waals surface area (Å²) in [5.74, 6) is 0.0426. The third-order valence-electron chi connectivity index (χ3n) is 7.37. The van der Waals surface area contributed by atoms with Crippen molar-refractivity contribution in [3.8, 4) is 11.1 Å². The molecule has 1 fully saturated rings. The van der Waals surface area contributed by atoms with Crippen LogP contribution in [0, 0.1) is 13.8 Å². The maximum Gasteiger partial charge on any atom is 0.251 e. The maximum atomic E-state index is 12.7. The van der Waals surface area contributed by atoms with Gasteiger partial charge in [0, 0.05) is 44.0 Å². The van der Waals surface area contributed by atoms with Crippen molar-refractivity contribution >= 4 is 11.6 Å². The van der Waals surface area contributed by atoms with Crippen LogP contribution in [0.15, 0.2) is 60.7 Å². The second-order valence-corrected chi connectivity index (χ2v) is 9.74. The van der Waals surface area contributed by atoms with Gasteiger partial charge in [0.25, 0.3) is 5.91 Å². The number of hydrogen-bond acceptors (Lipinski definition) is 3. The normalized spacial score (nSPS) is 15.2. The molecule has 0 unspecified atom stereocenters. The predicted octanol–water partition coefficient (Wildman–Crippen LogP) is 5.21. The Morgan fingerprint density at radius 2 is 1.56 bits per heavy atom. The van der Waals surface area contributed by atoms with Gasteiger partial charge in [0.1, 0.15) is 0 Å². The predicted molar refractivity (Wildman–Crippen MR) is 141 cm³/mol. The first-order valence-electron chi connectivity index (χ1n) is 12.6. The molecule has 4 nitrogen and oxygen atoms in total. The van der Waals surface area contributed by atoms with E-state index in [2.05, 4.69) is 83.6 Å². The second-order valence-electron chi connectivity index (χ2n) is 9.74. The lowest BCUT2D eigenvalue weighted by Gasteiger charge is -2.37. The average Bonchev–Trinajstić information content (AvgIpc) is 3.22. The number of fused-ring (bicyclic) bond motifs is 3. The molecule has 1 aliphatic heterocycles. The summed E-state index contributed by atoms with van der Waals surface area (Å²) in [6.07, 6.45) is 3.05. The van der Waals surface area contributed by atoms with Crippen LogP contribution in [0.4, 0.5) is 5.69 Å². The van der Waals surface area contributed by atoms with Crippen molar-refractivity contribution < 1.29 is 4.79 Å². The Morgan fingerprint density at radius 3 is 2.35 bits per heavy atom. The van der Waals surface area contributed by atoms with Crippen LogP contribution < -0.4 is 10.2 Å². The Bertz CT molecular complexity index is 1160. The molecule has 34 heavy (non-hydrogen) atoms. The fourth-order valence-electron chi connectivity index (χ4n) is 5.55. The van der Waals surface area contributed by atoms with Gasteiger partial charge in [-0.25, -0.2) is 0 Å². The number of piperazine rings is 1. The van der Waals surface area contributed by atoms with Gasteiger partial charge in [-0.3, -0.25) is 9.69 Å². The SMILES string of the molecule is Cc1cccc(C)c1N1CCN(CCCCNC(=O)c2ccc3c(c2)Cc2ccccc2-3)CC1. The molecule has 1 amide bonds. The first-order chi connectivity index (χ1) is 16.6. The number of nitrogens with one attached hydrogen (secondary N) is 1. The van der Waals surface area contributed by atoms with Crippen molar-refractivity contribution in [2.45, 2.75) is 33.1 Å². The molecule has 3 aromatic carbocycles. The molecule has 0 spiro atoms. The van der Waals surface area contributed by atoms with Gasteiger partial charge in [0.15, 0.2) is 0 Å². The summed E-state index contributed by atoms with van der Waals surface area (Å²) in [6, 6.07) is 21.2. The van der Waals surface area contributed by atoms with Crippen LogP contribution in [0.2, 0.25) is 0 Å². The van der Waals surface area contributed by atoms with Crippen LogP contribution >= 0.6 is 0 Å². The highest BCUT2D eigenvalue weighted by Gasteiger charge is 2.20. The quantitative estimate of drug-likeness (QED) is 0.390.